The van der Waals surface area contributed by atoms with Gasteiger partial charge in [0.05, 0.1) is 0 Å². The van der Waals surface area contributed by atoms with Crippen molar-refractivity contribution >= 4 is 0 Å². The molecule has 2 N–H and O–H groups in total. The molecule has 1 aromatic carbocycles. The van der Waals surface area contributed by atoms with Crippen LogP contribution in [0.3, 0.4) is 0 Å². The van der Waals surface area contributed by atoms with Gasteiger partial charge in [-0.15, -0.1) is 0 Å². The second-order valence-electron chi connectivity index (χ2n) is 4.59. The third-order valence-corrected chi connectivity index (χ3v) is 3.39. The van der Waals surface area contributed by atoms with Crippen molar-refractivity contribution in [2.45, 2.75) is 25.3 Å². The molecule has 0 amide bonds. The molecule has 0 aliphatic carbocycles. The zero-order chi connectivity index (χ0) is 11.7. The second-order valence-corrected chi connectivity index (χ2v) is 4.59. The molecule has 4 heteroatoms. The maximum atomic E-state index is 10.2. The van der Waals surface area contributed by atoms with Crippen LogP contribution in [0.1, 0.15) is 18.4 Å². The summed E-state index contributed by atoms with van der Waals surface area (Å²) >= 11 is 0. The van der Waals surface area contributed by atoms with Crippen molar-refractivity contribution in [3.8, 4) is 17.2 Å². The van der Waals surface area contributed by atoms with E-state index in [1.165, 1.54) is 12.8 Å². The molecule has 1 aromatic rings. The zero-order valence-corrected chi connectivity index (χ0v) is 9.74. The second kappa shape index (κ2) is 4.45. The van der Waals surface area contributed by atoms with Crippen LogP contribution in [0.2, 0.25) is 0 Å². The number of benzene rings is 1. The first kappa shape index (κ1) is 10.7. The Balaban J connectivity index is 1.84. The highest BCUT2D eigenvalue weighted by atomic mass is 16.6. The fourth-order valence-electron chi connectivity index (χ4n) is 2.50. The predicted molar refractivity (Wildman–Crippen MR) is 63.8 cm³/mol. The molecule has 1 saturated heterocycles. The fourth-order valence-corrected chi connectivity index (χ4v) is 2.50. The quantitative estimate of drug-likeness (QED) is 0.814. The number of fused-ring (bicyclic) bond motifs is 1. The molecule has 1 fully saturated rings. The lowest BCUT2D eigenvalue weighted by molar-refractivity contribution is 0.165. The number of hydrogen-bond donors (Lipinski definition) is 2. The first-order chi connectivity index (χ1) is 8.34. The van der Waals surface area contributed by atoms with Gasteiger partial charge in [-0.2, -0.15) is 0 Å². The lowest BCUT2D eigenvalue weighted by Gasteiger charge is -2.21. The molecule has 0 bridgehead atoms. The van der Waals surface area contributed by atoms with Crippen LogP contribution in [0.4, 0.5) is 0 Å². The molecule has 0 radical (unpaired) electrons. The lowest BCUT2D eigenvalue weighted by Crippen LogP contribution is -2.24. The third kappa shape index (κ3) is 2.05. The summed E-state index contributed by atoms with van der Waals surface area (Å²) in [5.41, 5.74) is 0.939. The van der Waals surface area contributed by atoms with Crippen LogP contribution in [-0.2, 0) is 6.42 Å². The van der Waals surface area contributed by atoms with Crippen molar-refractivity contribution in [1.29, 1.82) is 0 Å². The number of rotatable bonds is 2. The number of hydrogen-bond acceptors (Lipinski definition) is 4. The van der Waals surface area contributed by atoms with Gasteiger partial charge in [-0.3, -0.25) is 0 Å². The standard InChI is InChI=1S/C13H17NO3/c15-12-9(8-10-2-1-5-14-10)3-4-11-13(12)17-7-6-16-11/h3-4,10,14-15H,1-2,5-8H2. The zero-order valence-electron chi connectivity index (χ0n) is 9.74. The van der Waals surface area contributed by atoms with Crippen molar-refractivity contribution in [2.24, 2.45) is 0 Å². The Hall–Kier alpha value is -1.42. The Bertz CT molecular complexity index is 413. The van der Waals surface area contributed by atoms with E-state index in [0.717, 1.165) is 18.5 Å². The third-order valence-electron chi connectivity index (χ3n) is 3.39. The van der Waals surface area contributed by atoms with Gasteiger partial charge in [0.25, 0.3) is 0 Å². The molecule has 17 heavy (non-hydrogen) atoms. The molecule has 2 aliphatic heterocycles. The van der Waals surface area contributed by atoms with E-state index in [1.807, 2.05) is 12.1 Å². The molecule has 0 saturated carbocycles. The summed E-state index contributed by atoms with van der Waals surface area (Å²) in [6.07, 6.45) is 3.24. The Kier molecular flexibility index (Phi) is 2.81. The monoisotopic (exact) mass is 235 g/mol. The van der Waals surface area contributed by atoms with Gasteiger partial charge in [0.1, 0.15) is 13.2 Å². The van der Waals surface area contributed by atoms with Gasteiger partial charge in [0, 0.05) is 6.04 Å². The maximum Gasteiger partial charge on any atom is 0.203 e. The largest absolute Gasteiger partial charge is 0.504 e. The van der Waals surface area contributed by atoms with Crippen LogP contribution in [0.25, 0.3) is 0 Å². The highest BCUT2D eigenvalue weighted by Gasteiger charge is 2.22. The van der Waals surface area contributed by atoms with Gasteiger partial charge in [0.2, 0.25) is 5.75 Å². The maximum absolute atomic E-state index is 10.2. The minimum atomic E-state index is 0.246. The van der Waals surface area contributed by atoms with Crippen LogP contribution in [0, 0.1) is 0 Å². The first-order valence-corrected chi connectivity index (χ1v) is 6.18. The minimum Gasteiger partial charge on any atom is -0.504 e. The van der Waals surface area contributed by atoms with Gasteiger partial charge in [-0.25, -0.2) is 0 Å². The van der Waals surface area contributed by atoms with E-state index < -0.39 is 0 Å². The Morgan fingerprint density at radius 3 is 3.00 bits per heavy atom. The van der Waals surface area contributed by atoms with E-state index in [0.29, 0.717) is 30.8 Å². The summed E-state index contributed by atoms with van der Waals surface area (Å²) in [5.74, 6) is 1.40. The summed E-state index contributed by atoms with van der Waals surface area (Å²) in [7, 11) is 0. The summed E-state index contributed by atoms with van der Waals surface area (Å²) in [5, 5.41) is 13.6. The first-order valence-electron chi connectivity index (χ1n) is 6.18. The van der Waals surface area contributed by atoms with Crippen molar-refractivity contribution in [3.63, 3.8) is 0 Å². The van der Waals surface area contributed by atoms with E-state index in [9.17, 15) is 5.11 Å². The van der Waals surface area contributed by atoms with E-state index in [1.54, 1.807) is 0 Å². The molecule has 2 aliphatic rings. The minimum absolute atomic E-state index is 0.246. The number of nitrogens with one attached hydrogen (secondary N) is 1. The van der Waals surface area contributed by atoms with E-state index in [4.69, 9.17) is 9.47 Å². The molecule has 0 aromatic heterocycles. The predicted octanol–water partition coefficient (Wildman–Crippen LogP) is 1.46. The van der Waals surface area contributed by atoms with E-state index in [2.05, 4.69) is 5.32 Å². The summed E-state index contributed by atoms with van der Waals surface area (Å²) in [6.45, 7) is 2.14. The highest BCUT2D eigenvalue weighted by Crippen LogP contribution is 2.41. The van der Waals surface area contributed by atoms with Gasteiger partial charge >= 0.3 is 0 Å². The number of aromatic hydroxyl groups is 1. The molecule has 0 spiro atoms. The average Bonchev–Trinajstić information content (AvgIpc) is 2.86. The fraction of sp³-hybridized carbons (Fsp3) is 0.538. The molecule has 1 unspecified atom stereocenters. The Morgan fingerprint density at radius 2 is 2.18 bits per heavy atom. The summed E-state index contributed by atoms with van der Waals surface area (Å²) < 4.78 is 10.9. The summed E-state index contributed by atoms with van der Waals surface area (Å²) in [6, 6.07) is 4.30. The molecule has 2 heterocycles. The SMILES string of the molecule is Oc1c(CC2CCCN2)ccc2c1OCCO2. The normalized spacial score (nSPS) is 22.7. The van der Waals surface area contributed by atoms with Gasteiger partial charge in [-0.1, -0.05) is 6.07 Å². The molecule has 1 atom stereocenters. The lowest BCUT2D eigenvalue weighted by atomic mass is 10.0. The molecule has 3 rings (SSSR count). The van der Waals surface area contributed by atoms with Gasteiger partial charge < -0.3 is 19.9 Å². The van der Waals surface area contributed by atoms with E-state index >= 15 is 0 Å². The van der Waals surface area contributed by atoms with Gasteiger partial charge in [0.15, 0.2) is 11.5 Å². The molecule has 4 nitrogen and oxygen atoms in total. The van der Waals surface area contributed by atoms with Gasteiger partial charge in [-0.05, 0) is 37.4 Å². The average molecular weight is 235 g/mol. The summed E-state index contributed by atoms with van der Waals surface area (Å²) in [4.78, 5) is 0. The van der Waals surface area contributed by atoms with Crippen LogP contribution < -0.4 is 14.8 Å². The number of phenolic OH excluding ortho intramolecular Hbond substituents is 1. The smallest absolute Gasteiger partial charge is 0.203 e. The van der Waals surface area contributed by atoms with Crippen LogP contribution in [0.15, 0.2) is 12.1 Å². The van der Waals surface area contributed by atoms with Crippen molar-refractivity contribution in [1.82, 2.24) is 5.32 Å². The molecule has 92 valence electrons. The van der Waals surface area contributed by atoms with Crippen molar-refractivity contribution < 1.29 is 14.6 Å². The molecular formula is C13H17NO3. The number of phenols is 1. The Morgan fingerprint density at radius 1 is 1.29 bits per heavy atom. The van der Waals surface area contributed by atoms with Crippen molar-refractivity contribution in [2.75, 3.05) is 19.8 Å². The van der Waals surface area contributed by atoms with E-state index in [-0.39, 0.29) is 5.75 Å². The van der Waals surface area contributed by atoms with Crippen LogP contribution in [-0.4, -0.2) is 30.9 Å². The molecular weight excluding hydrogens is 218 g/mol. The number of ether oxygens (including phenoxy) is 2. The topological polar surface area (TPSA) is 50.7 Å². The highest BCUT2D eigenvalue weighted by molar-refractivity contribution is 5.55. The van der Waals surface area contributed by atoms with Crippen LogP contribution in [0.5, 0.6) is 17.2 Å². The van der Waals surface area contributed by atoms with Crippen molar-refractivity contribution in [3.05, 3.63) is 17.7 Å². The Labute approximate surface area is 101 Å². The van der Waals surface area contributed by atoms with Crippen LogP contribution >= 0.6 is 0 Å².